The molecule has 1 aromatic carbocycles. The van der Waals surface area contributed by atoms with Crippen LogP contribution in [0.3, 0.4) is 0 Å². The van der Waals surface area contributed by atoms with Gasteiger partial charge in [0.2, 0.25) is 0 Å². The third-order valence-electron chi connectivity index (χ3n) is 3.66. The zero-order chi connectivity index (χ0) is 15.4. The van der Waals surface area contributed by atoms with E-state index < -0.39 is 5.97 Å². The SMILES string of the molecule is CN(C)CC1CCCN1c1c(F)cccc1/C=C/C(=O)O. The standard InChI is InChI=1S/C16H21FN2O2/c1-18(2)11-13-6-4-10-19(13)16-12(8-9-15(20)21)5-3-7-14(16)17/h3,5,7-9,13H,4,6,10-11H2,1-2H3,(H,20,21)/b9-8+. The summed E-state index contributed by atoms with van der Waals surface area (Å²) in [6, 6.07) is 5.05. The van der Waals surface area contributed by atoms with Crippen LogP contribution in [0, 0.1) is 5.82 Å². The fraction of sp³-hybridized carbons (Fsp3) is 0.438. The first-order chi connectivity index (χ1) is 9.99. The number of anilines is 1. The quantitative estimate of drug-likeness (QED) is 0.847. The third kappa shape index (κ3) is 3.82. The summed E-state index contributed by atoms with van der Waals surface area (Å²) in [5.41, 5.74) is 1.13. The monoisotopic (exact) mass is 292 g/mol. The van der Waals surface area contributed by atoms with Crippen molar-refractivity contribution in [1.29, 1.82) is 0 Å². The topological polar surface area (TPSA) is 43.8 Å². The minimum Gasteiger partial charge on any atom is -0.478 e. The molecule has 1 saturated heterocycles. The van der Waals surface area contributed by atoms with E-state index in [-0.39, 0.29) is 11.9 Å². The number of rotatable bonds is 5. The Morgan fingerprint density at radius 1 is 1.52 bits per heavy atom. The molecule has 0 spiro atoms. The van der Waals surface area contributed by atoms with Gasteiger partial charge in [-0.15, -0.1) is 0 Å². The molecule has 1 unspecified atom stereocenters. The van der Waals surface area contributed by atoms with Crippen molar-refractivity contribution in [3.8, 4) is 0 Å². The van der Waals surface area contributed by atoms with Crippen molar-refractivity contribution in [1.82, 2.24) is 4.90 Å². The molecule has 0 aliphatic carbocycles. The van der Waals surface area contributed by atoms with E-state index in [0.29, 0.717) is 11.3 Å². The summed E-state index contributed by atoms with van der Waals surface area (Å²) in [5, 5.41) is 8.77. The van der Waals surface area contributed by atoms with Gasteiger partial charge in [-0.25, -0.2) is 9.18 Å². The van der Waals surface area contributed by atoms with Crippen molar-refractivity contribution < 1.29 is 14.3 Å². The van der Waals surface area contributed by atoms with Crippen LogP contribution >= 0.6 is 0 Å². The zero-order valence-corrected chi connectivity index (χ0v) is 12.4. The Labute approximate surface area is 124 Å². The number of para-hydroxylation sites is 1. The summed E-state index contributed by atoms with van der Waals surface area (Å²) in [6.07, 6.45) is 4.56. The molecule has 4 nitrogen and oxygen atoms in total. The van der Waals surface area contributed by atoms with Crippen LogP contribution in [-0.2, 0) is 4.79 Å². The van der Waals surface area contributed by atoms with E-state index in [9.17, 15) is 9.18 Å². The average Bonchev–Trinajstić information content (AvgIpc) is 2.83. The first-order valence-corrected chi connectivity index (χ1v) is 7.10. The highest BCUT2D eigenvalue weighted by atomic mass is 19.1. The maximum Gasteiger partial charge on any atom is 0.328 e. The molecule has 1 aromatic rings. The predicted molar refractivity (Wildman–Crippen MR) is 82.0 cm³/mol. The van der Waals surface area contributed by atoms with E-state index in [0.717, 1.165) is 32.0 Å². The first kappa shape index (κ1) is 15.5. The summed E-state index contributed by atoms with van der Waals surface area (Å²) < 4.78 is 14.3. The molecule has 1 atom stereocenters. The number of carboxylic acids is 1. The first-order valence-electron chi connectivity index (χ1n) is 7.10. The summed E-state index contributed by atoms with van der Waals surface area (Å²) in [4.78, 5) is 14.9. The number of carboxylic acid groups (broad SMARTS) is 1. The smallest absolute Gasteiger partial charge is 0.328 e. The van der Waals surface area contributed by atoms with Gasteiger partial charge in [0.1, 0.15) is 5.82 Å². The molecule has 0 amide bonds. The maximum atomic E-state index is 14.3. The lowest BCUT2D eigenvalue weighted by Gasteiger charge is -2.30. The van der Waals surface area contributed by atoms with E-state index in [1.165, 1.54) is 12.1 Å². The lowest BCUT2D eigenvalue weighted by Crippen LogP contribution is -2.38. The number of aliphatic carboxylic acids is 1. The molecule has 0 saturated carbocycles. The van der Waals surface area contributed by atoms with Gasteiger partial charge >= 0.3 is 5.97 Å². The second-order valence-corrected chi connectivity index (χ2v) is 5.60. The normalized spacial score (nSPS) is 18.9. The van der Waals surface area contributed by atoms with Gasteiger partial charge in [0.05, 0.1) is 5.69 Å². The second-order valence-electron chi connectivity index (χ2n) is 5.60. The Bertz CT molecular complexity index is 543. The lowest BCUT2D eigenvalue weighted by atomic mass is 10.1. The van der Waals surface area contributed by atoms with Crippen molar-refractivity contribution in [3.05, 3.63) is 35.7 Å². The number of halogens is 1. The minimum absolute atomic E-state index is 0.258. The molecule has 114 valence electrons. The summed E-state index contributed by atoms with van der Waals surface area (Å²) in [7, 11) is 4.01. The molecule has 2 rings (SSSR count). The minimum atomic E-state index is -1.03. The molecule has 21 heavy (non-hydrogen) atoms. The van der Waals surface area contributed by atoms with Gasteiger partial charge < -0.3 is 14.9 Å². The highest BCUT2D eigenvalue weighted by molar-refractivity contribution is 5.87. The van der Waals surface area contributed by atoms with Crippen molar-refractivity contribution in [2.24, 2.45) is 0 Å². The molecule has 0 bridgehead atoms. The molecule has 1 aliphatic heterocycles. The summed E-state index contributed by atoms with van der Waals surface area (Å²) in [5.74, 6) is -1.33. The molecule has 0 aromatic heterocycles. The number of hydrogen-bond donors (Lipinski definition) is 1. The van der Waals surface area contributed by atoms with E-state index in [4.69, 9.17) is 5.11 Å². The van der Waals surface area contributed by atoms with E-state index in [2.05, 4.69) is 9.80 Å². The van der Waals surface area contributed by atoms with E-state index in [1.54, 1.807) is 12.1 Å². The molecular formula is C16H21FN2O2. The van der Waals surface area contributed by atoms with Crippen LogP contribution in [0.2, 0.25) is 0 Å². The molecule has 1 fully saturated rings. The lowest BCUT2D eigenvalue weighted by molar-refractivity contribution is -0.131. The van der Waals surface area contributed by atoms with Crippen LogP contribution in [-0.4, -0.2) is 49.2 Å². The molecule has 1 N–H and O–H groups in total. The summed E-state index contributed by atoms with van der Waals surface area (Å²) >= 11 is 0. The van der Waals surface area contributed by atoms with E-state index in [1.807, 2.05) is 14.1 Å². The van der Waals surface area contributed by atoms with Crippen LogP contribution < -0.4 is 4.90 Å². The van der Waals surface area contributed by atoms with Gasteiger partial charge in [0.15, 0.2) is 0 Å². The number of benzene rings is 1. The Balaban J connectivity index is 2.35. The largest absolute Gasteiger partial charge is 0.478 e. The third-order valence-corrected chi connectivity index (χ3v) is 3.66. The highest BCUT2D eigenvalue weighted by Crippen LogP contribution is 2.32. The molecule has 1 heterocycles. The van der Waals surface area contributed by atoms with Gasteiger partial charge in [-0.3, -0.25) is 0 Å². The maximum absolute atomic E-state index is 14.3. The van der Waals surface area contributed by atoms with Crippen molar-refractivity contribution in [3.63, 3.8) is 0 Å². The van der Waals surface area contributed by atoms with Gasteiger partial charge in [0.25, 0.3) is 0 Å². The number of hydrogen-bond acceptors (Lipinski definition) is 3. The fourth-order valence-electron chi connectivity index (χ4n) is 2.87. The summed E-state index contributed by atoms with van der Waals surface area (Å²) in [6.45, 7) is 1.66. The Morgan fingerprint density at radius 3 is 2.95 bits per heavy atom. The van der Waals surface area contributed by atoms with Crippen LogP contribution in [0.5, 0.6) is 0 Å². The zero-order valence-electron chi connectivity index (χ0n) is 12.4. The molecule has 0 radical (unpaired) electrons. The Morgan fingerprint density at radius 2 is 2.29 bits per heavy atom. The van der Waals surface area contributed by atoms with Gasteiger partial charge in [-0.2, -0.15) is 0 Å². The van der Waals surface area contributed by atoms with Crippen LogP contribution in [0.1, 0.15) is 18.4 Å². The van der Waals surface area contributed by atoms with Crippen molar-refractivity contribution in [2.75, 3.05) is 32.1 Å². The Kier molecular flexibility index (Phi) is 4.96. The van der Waals surface area contributed by atoms with Gasteiger partial charge in [0, 0.05) is 30.8 Å². The van der Waals surface area contributed by atoms with Gasteiger partial charge in [-0.05, 0) is 39.1 Å². The Hall–Kier alpha value is -1.88. The molecule has 1 aliphatic rings. The average molecular weight is 292 g/mol. The molecular weight excluding hydrogens is 271 g/mol. The second kappa shape index (κ2) is 6.72. The number of carbonyl (C=O) groups is 1. The van der Waals surface area contributed by atoms with Crippen molar-refractivity contribution in [2.45, 2.75) is 18.9 Å². The number of nitrogens with zero attached hydrogens (tertiary/aromatic N) is 2. The van der Waals surface area contributed by atoms with Crippen molar-refractivity contribution >= 4 is 17.7 Å². The van der Waals surface area contributed by atoms with Crippen LogP contribution in [0.15, 0.2) is 24.3 Å². The van der Waals surface area contributed by atoms with Crippen LogP contribution in [0.25, 0.3) is 6.08 Å². The molecule has 5 heteroatoms. The predicted octanol–water partition coefficient (Wildman–Crippen LogP) is 2.45. The van der Waals surface area contributed by atoms with Gasteiger partial charge in [-0.1, -0.05) is 12.1 Å². The van der Waals surface area contributed by atoms with E-state index >= 15 is 0 Å². The van der Waals surface area contributed by atoms with Crippen LogP contribution in [0.4, 0.5) is 10.1 Å². The number of likely N-dealkylation sites (N-methyl/N-ethyl adjacent to an activating group) is 1. The highest BCUT2D eigenvalue weighted by Gasteiger charge is 2.28. The fourth-order valence-corrected chi connectivity index (χ4v) is 2.87.